The van der Waals surface area contributed by atoms with Crippen molar-refractivity contribution in [2.75, 3.05) is 6.61 Å². The van der Waals surface area contributed by atoms with E-state index in [-0.39, 0.29) is 12.2 Å². The standard InChI is InChI=1S/C28H20Cl2N2O4S/c1-3-13-35-27(34)24-16(2)31-28-32(25(24)17-7-5-4-6-8-17)26(33)23(37-28)15-19-10-12-22(36-19)20-11-9-18(29)14-21(20)30/h3-12,14-15,25H,1,13H2,2H3/b23-15-/t25-/m0/s1. The Labute approximate surface area is 226 Å². The van der Waals surface area contributed by atoms with Crippen molar-refractivity contribution in [3.05, 3.63) is 126 Å². The number of aromatic nitrogens is 1. The number of thiazole rings is 1. The highest BCUT2D eigenvalue weighted by atomic mass is 35.5. The van der Waals surface area contributed by atoms with Crippen LogP contribution in [0.5, 0.6) is 0 Å². The van der Waals surface area contributed by atoms with E-state index < -0.39 is 12.0 Å². The van der Waals surface area contributed by atoms with Crippen molar-refractivity contribution >= 4 is 46.6 Å². The summed E-state index contributed by atoms with van der Waals surface area (Å²) < 4.78 is 13.3. The molecule has 0 amide bonds. The number of fused-ring (bicyclic) bond motifs is 1. The molecule has 0 N–H and O–H groups in total. The first kappa shape index (κ1) is 25.0. The summed E-state index contributed by atoms with van der Waals surface area (Å²) in [5.74, 6) is 0.481. The summed E-state index contributed by atoms with van der Waals surface area (Å²) >= 11 is 13.5. The second kappa shape index (κ2) is 10.4. The molecule has 0 radical (unpaired) electrons. The van der Waals surface area contributed by atoms with Gasteiger partial charge in [0.25, 0.3) is 5.56 Å². The van der Waals surface area contributed by atoms with Gasteiger partial charge in [0.15, 0.2) is 4.80 Å². The molecule has 0 saturated carbocycles. The molecule has 6 nitrogen and oxygen atoms in total. The number of esters is 1. The van der Waals surface area contributed by atoms with Gasteiger partial charge in [0.1, 0.15) is 18.1 Å². The highest BCUT2D eigenvalue weighted by Gasteiger charge is 2.33. The number of carbonyl (C=O) groups is 1. The zero-order valence-corrected chi connectivity index (χ0v) is 21.9. The zero-order valence-electron chi connectivity index (χ0n) is 19.6. The van der Waals surface area contributed by atoms with Crippen molar-refractivity contribution in [3.63, 3.8) is 0 Å². The molecule has 0 aliphatic carbocycles. The number of hydrogen-bond acceptors (Lipinski definition) is 6. The van der Waals surface area contributed by atoms with Crippen LogP contribution in [0.15, 0.2) is 98.8 Å². The molecule has 186 valence electrons. The van der Waals surface area contributed by atoms with Crippen molar-refractivity contribution in [1.29, 1.82) is 0 Å². The van der Waals surface area contributed by atoms with Crippen LogP contribution in [0.4, 0.5) is 0 Å². The van der Waals surface area contributed by atoms with Crippen molar-refractivity contribution in [2.24, 2.45) is 4.99 Å². The third-order valence-corrected chi connectivity index (χ3v) is 7.32. The van der Waals surface area contributed by atoms with Gasteiger partial charge in [-0.1, -0.05) is 77.5 Å². The lowest BCUT2D eigenvalue weighted by atomic mass is 9.96. The fraction of sp³-hybridized carbons (Fsp3) is 0.107. The highest BCUT2D eigenvalue weighted by Crippen LogP contribution is 2.32. The summed E-state index contributed by atoms with van der Waals surface area (Å²) in [5, 5.41) is 0.986. The monoisotopic (exact) mass is 550 g/mol. The van der Waals surface area contributed by atoms with Gasteiger partial charge in [0.05, 0.1) is 26.9 Å². The molecule has 0 unspecified atom stereocenters. The summed E-state index contributed by atoms with van der Waals surface area (Å²) in [6.07, 6.45) is 3.16. The van der Waals surface area contributed by atoms with Crippen LogP contribution < -0.4 is 14.9 Å². The van der Waals surface area contributed by atoms with Crippen molar-refractivity contribution < 1.29 is 13.9 Å². The van der Waals surface area contributed by atoms with Crippen LogP contribution in [0.2, 0.25) is 10.0 Å². The Bertz CT molecular complexity index is 1730. The number of furan rings is 1. The van der Waals surface area contributed by atoms with Crippen molar-refractivity contribution in [3.8, 4) is 11.3 Å². The maximum Gasteiger partial charge on any atom is 0.338 e. The smallest absolute Gasteiger partial charge is 0.338 e. The molecule has 1 aliphatic heterocycles. The summed E-state index contributed by atoms with van der Waals surface area (Å²) in [6, 6.07) is 17.3. The Morgan fingerprint density at radius 3 is 2.70 bits per heavy atom. The van der Waals surface area contributed by atoms with Crippen LogP contribution >= 0.6 is 34.5 Å². The van der Waals surface area contributed by atoms with Crippen LogP contribution in [0.1, 0.15) is 24.3 Å². The van der Waals surface area contributed by atoms with Crippen LogP contribution in [0.25, 0.3) is 17.4 Å². The van der Waals surface area contributed by atoms with E-state index in [0.29, 0.717) is 47.7 Å². The minimum absolute atomic E-state index is 0.0556. The molecule has 3 heterocycles. The van der Waals surface area contributed by atoms with Gasteiger partial charge in [0, 0.05) is 16.7 Å². The molecule has 5 rings (SSSR count). The van der Waals surface area contributed by atoms with E-state index in [1.54, 1.807) is 43.3 Å². The molecular weight excluding hydrogens is 531 g/mol. The molecular formula is C28H20Cl2N2O4S. The lowest BCUT2D eigenvalue weighted by Crippen LogP contribution is -2.39. The second-order valence-corrected chi connectivity index (χ2v) is 10.1. The van der Waals surface area contributed by atoms with Crippen molar-refractivity contribution in [1.82, 2.24) is 4.57 Å². The zero-order chi connectivity index (χ0) is 26.1. The lowest BCUT2D eigenvalue weighted by Gasteiger charge is -2.24. The summed E-state index contributed by atoms with van der Waals surface area (Å²) in [5.41, 5.74) is 1.97. The van der Waals surface area contributed by atoms with Gasteiger partial charge in [-0.2, -0.15) is 0 Å². The average Bonchev–Trinajstić information content (AvgIpc) is 3.46. The first-order valence-electron chi connectivity index (χ1n) is 11.3. The van der Waals surface area contributed by atoms with E-state index in [4.69, 9.17) is 32.4 Å². The molecule has 37 heavy (non-hydrogen) atoms. The quantitative estimate of drug-likeness (QED) is 0.233. The normalized spacial score (nSPS) is 15.3. The Morgan fingerprint density at radius 2 is 1.97 bits per heavy atom. The largest absolute Gasteiger partial charge is 0.458 e. The molecule has 1 atom stereocenters. The van der Waals surface area contributed by atoms with Gasteiger partial charge >= 0.3 is 5.97 Å². The van der Waals surface area contributed by atoms with Gasteiger partial charge in [-0.05, 0) is 42.8 Å². The third-order valence-electron chi connectivity index (χ3n) is 5.79. The van der Waals surface area contributed by atoms with E-state index in [1.807, 2.05) is 30.3 Å². The van der Waals surface area contributed by atoms with E-state index in [1.165, 1.54) is 22.0 Å². The summed E-state index contributed by atoms with van der Waals surface area (Å²) in [7, 11) is 0. The molecule has 0 fully saturated rings. The Kier molecular flexibility index (Phi) is 7.02. The fourth-order valence-corrected chi connectivity index (χ4v) is 5.67. The number of nitrogens with zero attached hydrogens (tertiary/aromatic N) is 2. The van der Waals surface area contributed by atoms with Crippen LogP contribution in [-0.4, -0.2) is 17.1 Å². The minimum Gasteiger partial charge on any atom is -0.458 e. The van der Waals surface area contributed by atoms with Crippen LogP contribution in [-0.2, 0) is 9.53 Å². The van der Waals surface area contributed by atoms with Gasteiger partial charge in [0.2, 0.25) is 0 Å². The number of ether oxygens (including phenoxy) is 1. The number of halogens is 2. The molecule has 4 aromatic rings. The maximum atomic E-state index is 13.7. The van der Waals surface area contributed by atoms with Crippen LogP contribution in [0, 0.1) is 0 Å². The Morgan fingerprint density at radius 1 is 1.19 bits per heavy atom. The topological polar surface area (TPSA) is 73.8 Å². The lowest BCUT2D eigenvalue weighted by molar-refractivity contribution is -0.138. The summed E-state index contributed by atoms with van der Waals surface area (Å²) in [6.45, 7) is 5.40. The molecule has 2 aromatic heterocycles. The Balaban J connectivity index is 1.62. The third kappa shape index (κ3) is 4.85. The maximum absolute atomic E-state index is 13.7. The number of rotatable bonds is 6. The van der Waals surface area contributed by atoms with Crippen LogP contribution in [0.3, 0.4) is 0 Å². The predicted octanol–water partition coefficient (Wildman–Crippen LogP) is 5.53. The number of carbonyl (C=O) groups excluding carboxylic acids is 1. The number of hydrogen-bond donors (Lipinski definition) is 0. The SMILES string of the molecule is C=CCOC(=O)C1=C(C)N=c2s/c(=C\c3ccc(-c4ccc(Cl)cc4Cl)o3)c(=O)n2[C@H]1c1ccccc1. The van der Waals surface area contributed by atoms with E-state index in [0.717, 1.165) is 5.56 Å². The Hall–Kier alpha value is -3.65. The average molecular weight is 551 g/mol. The molecule has 0 spiro atoms. The minimum atomic E-state index is -0.683. The van der Waals surface area contributed by atoms with Gasteiger partial charge in [-0.25, -0.2) is 9.79 Å². The number of benzene rings is 2. The molecule has 0 bridgehead atoms. The first-order valence-corrected chi connectivity index (χ1v) is 12.9. The van der Waals surface area contributed by atoms with E-state index in [2.05, 4.69) is 11.6 Å². The molecule has 0 saturated heterocycles. The van der Waals surface area contributed by atoms with Gasteiger partial charge in [-0.3, -0.25) is 9.36 Å². The van der Waals surface area contributed by atoms with E-state index in [9.17, 15) is 9.59 Å². The predicted molar refractivity (Wildman–Crippen MR) is 146 cm³/mol. The van der Waals surface area contributed by atoms with E-state index >= 15 is 0 Å². The first-order chi connectivity index (χ1) is 17.9. The van der Waals surface area contributed by atoms with Gasteiger partial charge in [-0.15, -0.1) is 0 Å². The molecule has 2 aromatic carbocycles. The second-order valence-electron chi connectivity index (χ2n) is 8.21. The van der Waals surface area contributed by atoms with Crippen molar-refractivity contribution in [2.45, 2.75) is 13.0 Å². The molecule has 9 heteroatoms. The molecule has 1 aliphatic rings. The highest BCUT2D eigenvalue weighted by molar-refractivity contribution is 7.07. The summed E-state index contributed by atoms with van der Waals surface area (Å²) in [4.78, 5) is 31.8. The fourth-order valence-electron chi connectivity index (χ4n) is 4.14. The van der Waals surface area contributed by atoms with Gasteiger partial charge < -0.3 is 9.15 Å². The number of allylic oxidation sites excluding steroid dienone is 1.